The van der Waals surface area contributed by atoms with Crippen LogP contribution >= 0.6 is 15.9 Å². The van der Waals surface area contributed by atoms with Crippen molar-refractivity contribution in [3.63, 3.8) is 0 Å². The predicted octanol–water partition coefficient (Wildman–Crippen LogP) is 3.57. The number of benzene rings is 1. The maximum Gasteiger partial charge on any atom is 0.0692 e. The SMILES string of the molecule is CCC(O)C1CCCCN1Cc1cccc(Br)c1. The van der Waals surface area contributed by atoms with Gasteiger partial charge in [-0.05, 0) is 43.5 Å². The van der Waals surface area contributed by atoms with E-state index in [0.29, 0.717) is 6.04 Å². The maximum atomic E-state index is 10.1. The van der Waals surface area contributed by atoms with Gasteiger partial charge in [0.2, 0.25) is 0 Å². The van der Waals surface area contributed by atoms with Crippen molar-refractivity contribution in [3.8, 4) is 0 Å². The van der Waals surface area contributed by atoms with Crippen LogP contribution in [0.25, 0.3) is 0 Å². The normalized spacial score (nSPS) is 22.9. The summed E-state index contributed by atoms with van der Waals surface area (Å²) in [7, 11) is 0. The van der Waals surface area contributed by atoms with Crippen LogP contribution in [-0.4, -0.2) is 28.7 Å². The third-order valence-corrected chi connectivity index (χ3v) is 4.29. The van der Waals surface area contributed by atoms with E-state index in [-0.39, 0.29) is 6.10 Å². The summed E-state index contributed by atoms with van der Waals surface area (Å²) in [6.45, 7) is 4.12. The molecule has 1 aliphatic heterocycles. The van der Waals surface area contributed by atoms with E-state index in [0.717, 1.165) is 30.4 Å². The van der Waals surface area contributed by atoms with Gasteiger partial charge in [-0.1, -0.05) is 41.4 Å². The monoisotopic (exact) mass is 311 g/mol. The molecule has 0 bridgehead atoms. The molecule has 0 radical (unpaired) electrons. The molecule has 0 aliphatic carbocycles. The summed E-state index contributed by atoms with van der Waals surface area (Å²) in [5, 5.41) is 10.1. The fraction of sp³-hybridized carbons (Fsp3) is 0.600. The quantitative estimate of drug-likeness (QED) is 0.919. The second-order valence-electron chi connectivity index (χ2n) is 5.14. The summed E-state index contributed by atoms with van der Waals surface area (Å²) in [5.74, 6) is 0. The minimum atomic E-state index is -0.183. The van der Waals surface area contributed by atoms with Crippen molar-refractivity contribution in [1.82, 2.24) is 4.90 Å². The van der Waals surface area contributed by atoms with Crippen LogP contribution < -0.4 is 0 Å². The number of aliphatic hydroxyl groups is 1. The molecule has 18 heavy (non-hydrogen) atoms. The smallest absolute Gasteiger partial charge is 0.0692 e. The lowest BCUT2D eigenvalue weighted by Crippen LogP contribution is -2.46. The molecule has 100 valence electrons. The topological polar surface area (TPSA) is 23.5 Å². The zero-order chi connectivity index (χ0) is 13.0. The molecule has 1 heterocycles. The van der Waals surface area contributed by atoms with E-state index in [1.165, 1.54) is 18.4 Å². The van der Waals surface area contributed by atoms with Gasteiger partial charge in [-0.25, -0.2) is 0 Å². The summed E-state index contributed by atoms with van der Waals surface area (Å²) >= 11 is 3.52. The van der Waals surface area contributed by atoms with Crippen molar-refractivity contribution < 1.29 is 5.11 Å². The first-order chi connectivity index (χ1) is 8.70. The first-order valence-corrected chi connectivity index (χ1v) is 7.66. The molecule has 1 N–H and O–H groups in total. The molecular weight excluding hydrogens is 290 g/mol. The molecule has 3 heteroatoms. The highest BCUT2D eigenvalue weighted by atomic mass is 79.9. The molecule has 1 aliphatic rings. The van der Waals surface area contributed by atoms with Gasteiger partial charge in [-0.15, -0.1) is 0 Å². The van der Waals surface area contributed by atoms with Gasteiger partial charge in [0.25, 0.3) is 0 Å². The largest absolute Gasteiger partial charge is 0.392 e. The van der Waals surface area contributed by atoms with E-state index < -0.39 is 0 Å². The fourth-order valence-corrected chi connectivity index (χ4v) is 3.24. The molecule has 2 nitrogen and oxygen atoms in total. The first-order valence-electron chi connectivity index (χ1n) is 6.87. The molecule has 1 aromatic carbocycles. The van der Waals surface area contributed by atoms with Crippen molar-refractivity contribution in [1.29, 1.82) is 0 Å². The molecule has 0 saturated carbocycles. The van der Waals surface area contributed by atoms with Crippen molar-refractivity contribution in [3.05, 3.63) is 34.3 Å². The van der Waals surface area contributed by atoms with Crippen LogP contribution in [0.5, 0.6) is 0 Å². The van der Waals surface area contributed by atoms with Gasteiger partial charge in [0.15, 0.2) is 0 Å². The average Bonchev–Trinajstić information content (AvgIpc) is 2.38. The lowest BCUT2D eigenvalue weighted by Gasteiger charge is -2.38. The van der Waals surface area contributed by atoms with Gasteiger partial charge in [-0.3, -0.25) is 4.90 Å². The zero-order valence-electron chi connectivity index (χ0n) is 11.0. The summed E-state index contributed by atoms with van der Waals surface area (Å²) in [6, 6.07) is 8.80. The molecule has 2 unspecified atom stereocenters. The summed E-state index contributed by atoms with van der Waals surface area (Å²) < 4.78 is 1.13. The van der Waals surface area contributed by atoms with Gasteiger partial charge < -0.3 is 5.11 Å². The summed E-state index contributed by atoms with van der Waals surface area (Å²) in [6.07, 6.45) is 4.29. The number of aliphatic hydroxyl groups excluding tert-OH is 1. The molecule has 1 aromatic rings. The molecule has 1 fully saturated rings. The first kappa shape index (κ1) is 14.0. The van der Waals surface area contributed by atoms with Gasteiger partial charge in [0.1, 0.15) is 0 Å². The van der Waals surface area contributed by atoms with Crippen molar-refractivity contribution in [2.45, 2.75) is 51.3 Å². The standard InChI is InChI=1S/C15H22BrNO/c1-2-15(18)14-8-3-4-9-17(14)11-12-6-5-7-13(16)10-12/h5-7,10,14-15,18H,2-4,8-9,11H2,1H3. The summed E-state index contributed by atoms with van der Waals surface area (Å²) in [5.41, 5.74) is 1.32. The van der Waals surface area contributed by atoms with Crippen molar-refractivity contribution in [2.24, 2.45) is 0 Å². The average molecular weight is 312 g/mol. The van der Waals surface area contributed by atoms with E-state index in [4.69, 9.17) is 0 Å². The van der Waals surface area contributed by atoms with Crippen molar-refractivity contribution in [2.75, 3.05) is 6.54 Å². The van der Waals surface area contributed by atoms with Crippen LogP contribution in [0, 0.1) is 0 Å². The fourth-order valence-electron chi connectivity index (χ4n) is 2.79. The lowest BCUT2D eigenvalue weighted by molar-refractivity contribution is 0.0195. The van der Waals surface area contributed by atoms with Crippen LogP contribution in [0.3, 0.4) is 0 Å². The lowest BCUT2D eigenvalue weighted by atomic mass is 9.95. The highest BCUT2D eigenvalue weighted by Gasteiger charge is 2.27. The Morgan fingerprint density at radius 3 is 3.00 bits per heavy atom. The second-order valence-corrected chi connectivity index (χ2v) is 6.05. The molecule has 2 rings (SSSR count). The van der Waals surface area contributed by atoms with Gasteiger partial charge in [0, 0.05) is 17.1 Å². The zero-order valence-corrected chi connectivity index (χ0v) is 12.6. The maximum absolute atomic E-state index is 10.1. The predicted molar refractivity (Wildman–Crippen MR) is 78.5 cm³/mol. The second kappa shape index (κ2) is 6.69. The molecule has 0 amide bonds. The van der Waals surface area contributed by atoms with Crippen LogP contribution in [0.1, 0.15) is 38.2 Å². The minimum absolute atomic E-state index is 0.183. The number of hydrogen-bond donors (Lipinski definition) is 1. The number of nitrogens with zero attached hydrogens (tertiary/aromatic N) is 1. The minimum Gasteiger partial charge on any atom is -0.392 e. The number of piperidine rings is 1. The Bertz CT molecular complexity index is 383. The number of halogens is 1. The number of hydrogen-bond acceptors (Lipinski definition) is 2. The van der Waals surface area contributed by atoms with Crippen molar-refractivity contribution >= 4 is 15.9 Å². The third kappa shape index (κ3) is 3.56. The molecule has 1 saturated heterocycles. The Kier molecular flexibility index (Phi) is 5.22. The van der Waals surface area contributed by atoms with Crippen LogP contribution in [0.2, 0.25) is 0 Å². The Hall–Kier alpha value is -0.380. The van der Waals surface area contributed by atoms with Gasteiger partial charge >= 0.3 is 0 Å². The highest BCUT2D eigenvalue weighted by Crippen LogP contribution is 2.24. The van der Waals surface area contributed by atoms with Gasteiger partial charge in [0.05, 0.1) is 6.10 Å². The molecule has 0 aromatic heterocycles. The Labute approximate surface area is 118 Å². The number of rotatable bonds is 4. The van der Waals surface area contributed by atoms with E-state index in [9.17, 15) is 5.11 Å². The van der Waals surface area contributed by atoms with E-state index in [2.05, 4.69) is 52.0 Å². The number of likely N-dealkylation sites (tertiary alicyclic amines) is 1. The highest BCUT2D eigenvalue weighted by molar-refractivity contribution is 9.10. The molecule has 2 atom stereocenters. The van der Waals surface area contributed by atoms with E-state index in [1.807, 2.05) is 0 Å². The van der Waals surface area contributed by atoms with Crippen LogP contribution in [0.15, 0.2) is 28.7 Å². The van der Waals surface area contributed by atoms with Gasteiger partial charge in [-0.2, -0.15) is 0 Å². The van der Waals surface area contributed by atoms with E-state index in [1.54, 1.807) is 0 Å². The third-order valence-electron chi connectivity index (χ3n) is 3.80. The molecular formula is C15H22BrNO. The Balaban J connectivity index is 2.05. The molecule has 0 spiro atoms. The summed E-state index contributed by atoms with van der Waals surface area (Å²) in [4.78, 5) is 2.44. The van der Waals surface area contributed by atoms with Crippen LogP contribution in [0.4, 0.5) is 0 Å². The van der Waals surface area contributed by atoms with E-state index >= 15 is 0 Å². The Morgan fingerprint density at radius 2 is 2.28 bits per heavy atom. The Morgan fingerprint density at radius 1 is 1.44 bits per heavy atom. The van der Waals surface area contributed by atoms with Crippen LogP contribution in [-0.2, 0) is 6.54 Å².